The average molecular weight is 224 g/mol. The van der Waals surface area contributed by atoms with Crippen molar-refractivity contribution in [1.29, 1.82) is 0 Å². The molecule has 0 heterocycles. The molecule has 0 radical (unpaired) electrons. The van der Waals surface area contributed by atoms with Crippen molar-refractivity contribution in [3.63, 3.8) is 0 Å². The van der Waals surface area contributed by atoms with Gasteiger partial charge in [-0.2, -0.15) is 0 Å². The van der Waals surface area contributed by atoms with Crippen LogP contribution in [0.4, 0.5) is 0 Å². The Morgan fingerprint density at radius 3 is 1.65 bits per heavy atom. The van der Waals surface area contributed by atoms with Crippen LogP contribution in [-0.2, 0) is 4.79 Å². The molecule has 2 aromatic rings. The van der Waals surface area contributed by atoms with Crippen LogP contribution in [0, 0.1) is 0 Å². The lowest BCUT2D eigenvalue weighted by atomic mass is 9.87. The van der Waals surface area contributed by atoms with Gasteiger partial charge in [-0.3, -0.25) is 4.79 Å². The largest absolute Gasteiger partial charge is 0.300 e. The van der Waals surface area contributed by atoms with E-state index in [1.54, 1.807) is 6.92 Å². The summed E-state index contributed by atoms with van der Waals surface area (Å²) < 4.78 is 0. The number of benzene rings is 2. The van der Waals surface area contributed by atoms with Crippen molar-refractivity contribution in [2.24, 2.45) is 0 Å². The Morgan fingerprint density at radius 2 is 1.29 bits per heavy atom. The van der Waals surface area contributed by atoms with Gasteiger partial charge in [0.1, 0.15) is 5.78 Å². The van der Waals surface area contributed by atoms with E-state index in [9.17, 15) is 4.79 Å². The van der Waals surface area contributed by atoms with Gasteiger partial charge in [0.05, 0.1) is 0 Å². The lowest BCUT2D eigenvalue weighted by molar-refractivity contribution is -0.117. The minimum Gasteiger partial charge on any atom is -0.300 e. The van der Waals surface area contributed by atoms with Gasteiger partial charge in [0.15, 0.2) is 0 Å². The molecule has 0 aliphatic carbocycles. The fraction of sp³-hybridized carbons (Fsp3) is 0.188. The van der Waals surface area contributed by atoms with Crippen molar-refractivity contribution in [2.75, 3.05) is 0 Å². The summed E-state index contributed by atoms with van der Waals surface area (Å²) in [4.78, 5) is 11.4. The van der Waals surface area contributed by atoms with Crippen LogP contribution in [0.2, 0.25) is 0 Å². The summed E-state index contributed by atoms with van der Waals surface area (Å²) in [6, 6.07) is 20.4. The van der Waals surface area contributed by atoms with E-state index >= 15 is 0 Å². The Kier molecular flexibility index (Phi) is 3.71. The molecule has 0 bridgehead atoms. The number of hydrogen-bond donors (Lipinski definition) is 0. The van der Waals surface area contributed by atoms with Crippen LogP contribution in [-0.4, -0.2) is 5.78 Å². The van der Waals surface area contributed by atoms with Gasteiger partial charge in [0.2, 0.25) is 0 Å². The second-order valence-corrected chi connectivity index (χ2v) is 4.28. The SMILES string of the molecule is CC(=O)CC(c1ccccc1)c1ccccc1. The van der Waals surface area contributed by atoms with E-state index in [4.69, 9.17) is 0 Å². The molecule has 0 amide bonds. The lowest BCUT2D eigenvalue weighted by Gasteiger charge is -2.16. The number of ketones is 1. The molecular formula is C16H16O. The Morgan fingerprint density at radius 1 is 0.882 bits per heavy atom. The number of Topliss-reactive ketones (excluding diaryl/α,β-unsaturated/α-hetero) is 1. The van der Waals surface area contributed by atoms with Crippen molar-refractivity contribution in [3.05, 3.63) is 71.8 Å². The highest BCUT2D eigenvalue weighted by atomic mass is 16.1. The van der Waals surface area contributed by atoms with E-state index in [-0.39, 0.29) is 11.7 Å². The molecule has 1 heteroatoms. The highest BCUT2D eigenvalue weighted by molar-refractivity contribution is 5.77. The molecule has 2 rings (SSSR count). The van der Waals surface area contributed by atoms with Crippen LogP contribution >= 0.6 is 0 Å². The third kappa shape index (κ3) is 3.04. The van der Waals surface area contributed by atoms with Crippen LogP contribution in [0.3, 0.4) is 0 Å². The van der Waals surface area contributed by atoms with E-state index in [1.807, 2.05) is 36.4 Å². The van der Waals surface area contributed by atoms with E-state index in [1.165, 1.54) is 11.1 Å². The first-order valence-electron chi connectivity index (χ1n) is 5.86. The smallest absolute Gasteiger partial charge is 0.130 e. The van der Waals surface area contributed by atoms with Gasteiger partial charge >= 0.3 is 0 Å². The fourth-order valence-corrected chi connectivity index (χ4v) is 2.09. The van der Waals surface area contributed by atoms with Crippen LogP contribution in [0.15, 0.2) is 60.7 Å². The zero-order valence-corrected chi connectivity index (χ0v) is 9.97. The summed E-state index contributed by atoms with van der Waals surface area (Å²) in [7, 11) is 0. The third-order valence-electron chi connectivity index (χ3n) is 2.90. The fourth-order valence-electron chi connectivity index (χ4n) is 2.09. The van der Waals surface area contributed by atoms with Gasteiger partial charge in [-0.25, -0.2) is 0 Å². The second kappa shape index (κ2) is 5.44. The summed E-state index contributed by atoms with van der Waals surface area (Å²) in [6.07, 6.45) is 0.564. The number of carbonyl (C=O) groups is 1. The first-order chi connectivity index (χ1) is 8.27. The molecule has 0 saturated carbocycles. The third-order valence-corrected chi connectivity index (χ3v) is 2.90. The molecular weight excluding hydrogens is 208 g/mol. The zero-order chi connectivity index (χ0) is 12.1. The first-order valence-corrected chi connectivity index (χ1v) is 5.86. The molecule has 86 valence electrons. The maximum atomic E-state index is 11.4. The normalized spacial score (nSPS) is 10.5. The summed E-state index contributed by atoms with van der Waals surface area (Å²) in [5.74, 6) is 0.401. The van der Waals surface area contributed by atoms with Gasteiger partial charge in [0, 0.05) is 12.3 Å². The number of rotatable bonds is 4. The van der Waals surface area contributed by atoms with Crippen molar-refractivity contribution < 1.29 is 4.79 Å². The van der Waals surface area contributed by atoms with Gasteiger partial charge < -0.3 is 0 Å². The Hall–Kier alpha value is -1.89. The van der Waals surface area contributed by atoms with E-state index < -0.39 is 0 Å². The minimum atomic E-state index is 0.176. The Balaban J connectivity index is 2.36. The molecule has 2 aromatic carbocycles. The molecule has 0 aromatic heterocycles. The molecule has 0 aliphatic rings. The second-order valence-electron chi connectivity index (χ2n) is 4.28. The van der Waals surface area contributed by atoms with Crippen LogP contribution in [0.5, 0.6) is 0 Å². The summed E-state index contributed by atoms with van der Waals surface area (Å²) in [5, 5.41) is 0. The van der Waals surface area contributed by atoms with Crippen molar-refractivity contribution in [2.45, 2.75) is 19.3 Å². The zero-order valence-electron chi connectivity index (χ0n) is 9.97. The summed E-state index contributed by atoms with van der Waals surface area (Å²) >= 11 is 0. The monoisotopic (exact) mass is 224 g/mol. The van der Waals surface area contributed by atoms with E-state index in [2.05, 4.69) is 24.3 Å². The van der Waals surface area contributed by atoms with E-state index in [0.29, 0.717) is 6.42 Å². The summed E-state index contributed by atoms with van der Waals surface area (Å²) in [6.45, 7) is 1.65. The molecule has 0 saturated heterocycles. The van der Waals surface area contributed by atoms with Crippen molar-refractivity contribution >= 4 is 5.78 Å². The number of hydrogen-bond acceptors (Lipinski definition) is 1. The summed E-state index contributed by atoms with van der Waals surface area (Å²) in [5.41, 5.74) is 2.41. The minimum absolute atomic E-state index is 0.176. The Bertz CT molecular complexity index is 434. The first kappa shape index (κ1) is 11.6. The number of carbonyl (C=O) groups excluding carboxylic acids is 1. The predicted octanol–water partition coefficient (Wildman–Crippen LogP) is 3.80. The maximum Gasteiger partial charge on any atom is 0.130 e. The standard InChI is InChI=1S/C16H16O/c1-13(17)12-16(14-8-4-2-5-9-14)15-10-6-3-7-11-15/h2-11,16H,12H2,1H3. The highest BCUT2D eigenvalue weighted by Gasteiger charge is 2.15. The molecule has 0 atom stereocenters. The van der Waals surface area contributed by atoms with Crippen LogP contribution < -0.4 is 0 Å². The van der Waals surface area contributed by atoms with Crippen molar-refractivity contribution in [1.82, 2.24) is 0 Å². The lowest BCUT2D eigenvalue weighted by Crippen LogP contribution is -2.05. The molecule has 1 nitrogen and oxygen atoms in total. The molecule has 17 heavy (non-hydrogen) atoms. The maximum absolute atomic E-state index is 11.4. The molecule has 0 unspecified atom stereocenters. The van der Waals surface area contributed by atoms with Crippen LogP contribution in [0.25, 0.3) is 0 Å². The van der Waals surface area contributed by atoms with Crippen molar-refractivity contribution in [3.8, 4) is 0 Å². The molecule has 0 N–H and O–H groups in total. The van der Waals surface area contributed by atoms with Crippen LogP contribution in [0.1, 0.15) is 30.4 Å². The van der Waals surface area contributed by atoms with Gasteiger partial charge in [0.25, 0.3) is 0 Å². The molecule has 0 spiro atoms. The topological polar surface area (TPSA) is 17.1 Å². The predicted molar refractivity (Wildman–Crippen MR) is 70.0 cm³/mol. The Labute approximate surface area is 102 Å². The molecule has 0 aliphatic heterocycles. The van der Waals surface area contributed by atoms with E-state index in [0.717, 1.165) is 0 Å². The molecule has 0 fully saturated rings. The van der Waals surface area contributed by atoms with Gasteiger partial charge in [-0.1, -0.05) is 60.7 Å². The average Bonchev–Trinajstić information content (AvgIpc) is 2.38. The van der Waals surface area contributed by atoms with Gasteiger partial charge in [-0.15, -0.1) is 0 Å². The quantitative estimate of drug-likeness (QED) is 0.772. The van der Waals surface area contributed by atoms with Gasteiger partial charge in [-0.05, 0) is 18.1 Å². The highest BCUT2D eigenvalue weighted by Crippen LogP contribution is 2.27.